The van der Waals surface area contributed by atoms with Crippen molar-refractivity contribution in [3.8, 4) is 11.5 Å². The molecule has 1 fully saturated rings. The summed E-state index contributed by atoms with van der Waals surface area (Å²) >= 11 is 0. The number of halogens is 1. The second-order valence-corrected chi connectivity index (χ2v) is 6.59. The van der Waals surface area contributed by atoms with Crippen LogP contribution < -0.4 is 14.8 Å². The van der Waals surface area contributed by atoms with E-state index in [1.807, 2.05) is 12.1 Å². The normalized spacial score (nSPS) is 19.6. The number of rotatable bonds is 5. The first-order chi connectivity index (χ1) is 12.7. The fourth-order valence-corrected chi connectivity index (χ4v) is 3.61. The van der Waals surface area contributed by atoms with Gasteiger partial charge in [0.15, 0.2) is 6.61 Å². The van der Waals surface area contributed by atoms with Gasteiger partial charge in [0.25, 0.3) is 5.91 Å². The van der Waals surface area contributed by atoms with Crippen LogP contribution >= 0.6 is 0 Å². The maximum absolute atomic E-state index is 13.5. The Balaban J connectivity index is 1.35. The number of nitrogens with one attached hydrogen (secondary N) is 1. The molecule has 0 spiro atoms. The number of amides is 1. The van der Waals surface area contributed by atoms with Gasteiger partial charge in [-0.15, -0.1) is 0 Å². The molecule has 2 aromatic carbocycles. The lowest BCUT2D eigenvalue weighted by Crippen LogP contribution is -2.28. The van der Waals surface area contributed by atoms with Crippen LogP contribution in [-0.2, 0) is 4.79 Å². The molecule has 2 heterocycles. The predicted octanol–water partition coefficient (Wildman–Crippen LogP) is 3.37. The number of nitrogens with zero attached hydrogens (tertiary/aromatic N) is 1. The summed E-state index contributed by atoms with van der Waals surface area (Å²) in [6.45, 7) is 2.33. The van der Waals surface area contributed by atoms with Crippen LogP contribution in [0.1, 0.15) is 24.4 Å². The van der Waals surface area contributed by atoms with Crippen LogP contribution in [0.5, 0.6) is 11.5 Å². The van der Waals surface area contributed by atoms with E-state index in [2.05, 4.69) is 10.2 Å². The minimum absolute atomic E-state index is 0.0273. The third-order valence-electron chi connectivity index (χ3n) is 4.83. The van der Waals surface area contributed by atoms with Gasteiger partial charge in [-0.1, -0.05) is 12.1 Å². The van der Waals surface area contributed by atoms with Crippen LogP contribution in [0.2, 0.25) is 0 Å². The highest BCUT2D eigenvalue weighted by atomic mass is 19.1. The van der Waals surface area contributed by atoms with Crippen LogP contribution in [0.25, 0.3) is 0 Å². The molecule has 1 unspecified atom stereocenters. The molecule has 136 valence electrons. The molecule has 6 heteroatoms. The van der Waals surface area contributed by atoms with Gasteiger partial charge in [0, 0.05) is 18.7 Å². The first-order valence-corrected chi connectivity index (χ1v) is 8.88. The van der Waals surface area contributed by atoms with Gasteiger partial charge >= 0.3 is 0 Å². The fourth-order valence-electron chi connectivity index (χ4n) is 3.61. The zero-order valence-corrected chi connectivity index (χ0v) is 14.4. The SMILES string of the molecule is O=C1COc2cc(OCCN3CCCC3c3cccc(F)c3)ccc2N1. The van der Waals surface area contributed by atoms with Crippen molar-refractivity contribution < 1.29 is 18.7 Å². The van der Waals surface area contributed by atoms with Gasteiger partial charge < -0.3 is 14.8 Å². The Kier molecular flexibility index (Phi) is 4.75. The highest BCUT2D eigenvalue weighted by Crippen LogP contribution is 2.33. The monoisotopic (exact) mass is 356 g/mol. The average Bonchev–Trinajstić information content (AvgIpc) is 3.10. The van der Waals surface area contributed by atoms with Crippen LogP contribution in [0.15, 0.2) is 42.5 Å². The zero-order valence-electron chi connectivity index (χ0n) is 14.4. The van der Waals surface area contributed by atoms with Crippen molar-refractivity contribution in [3.05, 3.63) is 53.8 Å². The molecule has 1 amide bonds. The summed E-state index contributed by atoms with van der Waals surface area (Å²) in [4.78, 5) is 13.6. The number of benzene rings is 2. The third-order valence-corrected chi connectivity index (χ3v) is 4.83. The highest BCUT2D eigenvalue weighted by molar-refractivity contribution is 5.95. The molecule has 4 rings (SSSR count). The van der Waals surface area contributed by atoms with Gasteiger partial charge in [0.05, 0.1) is 5.69 Å². The number of ether oxygens (including phenoxy) is 2. The molecule has 0 aliphatic carbocycles. The smallest absolute Gasteiger partial charge is 0.262 e. The fraction of sp³-hybridized carbons (Fsp3) is 0.350. The lowest BCUT2D eigenvalue weighted by molar-refractivity contribution is -0.118. The van der Waals surface area contributed by atoms with E-state index in [0.29, 0.717) is 23.8 Å². The molecule has 1 atom stereocenters. The minimum atomic E-state index is -0.188. The maximum atomic E-state index is 13.5. The Morgan fingerprint density at radius 2 is 2.19 bits per heavy atom. The summed E-state index contributed by atoms with van der Waals surface area (Å²) in [6, 6.07) is 12.5. The molecule has 1 N–H and O–H groups in total. The summed E-state index contributed by atoms with van der Waals surface area (Å²) in [7, 11) is 0. The molecule has 5 nitrogen and oxygen atoms in total. The largest absolute Gasteiger partial charge is 0.492 e. The maximum Gasteiger partial charge on any atom is 0.262 e. The Morgan fingerprint density at radius 3 is 3.08 bits per heavy atom. The van der Waals surface area contributed by atoms with Crippen molar-refractivity contribution in [1.82, 2.24) is 4.90 Å². The van der Waals surface area contributed by atoms with E-state index >= 15 is 0 Å². The Bertz CT molecular complexity index is 811. The highest BCUT2D eigenvalue weighted by Gasteiger charge is 2.26. The topological polar surface area (TPSA) is 50.8 Å². The number of fused-ring (bicyclic) bond motifs is 1. The van der Waals surface area contributed by atoms with E-state index in [1.54, 1.807) is 24.3 Å². The van der Waals surface area contributed by atoms with Crippen LogP contribution in [-0.4, -0.2) is 37.1 Å². The van der Waals surface area contributed by atoms with Gasteiger partial charge in [-0.25, -0.2) is 4.39 Å². The number of likely N-dealkylation sites (tertiary alicyclic amines) is 1. The zero-order chi connectivity index (χ0) is 17.9. The van der Waals surface area contributed by atoms with Crippen molar-refractivity contribution in [3.63, 3.8) is 0 Å². The number of hydrogen-bond donors (Lipinski definition) is 1. The number of hydrogen-bond acceptors (Lipinski definition) is 4. The molecule has 2 aliphatic heterocycles. The van der Waals surface area contributed by atoms with Crippen molar-refractivity contribution in [2.75, 3.05) is 31.6 Å². The summed E-state index contributed by atoms with van der Waals surface area (Å²) < 4.78 is 24.8. The Labute approximate surface area is 151 Å². The van der Waals surface area contributed by atoms with Crippen molar-refractivity contribution >= 4 is 11.6 Å². The van der Waals surface area contributed by atoms with E-state index in [4.69, 9.17) is 9.47 Å². The second-order valence-electron chi connectivity index (χ2n) is 6.59. The lowest BCUT2D eigenvalue weighted by Gasteiger charge is -2.25. The van der Waals surface area contributed by atoms with Gasteiger partial charge in [0.2, 0.25) is 0 Å². The standard InChI is InChI=1S/C20H21FN2O3/c21-15-4-1-3-14(11-15)18-5-2-8-23(18)9-10-25-16-6-7-17-19(12-16)26-13-20(24)22-17/h1,3-4,6-7,11-12,18H,2,5,8-10,13H2,(H,22,24). The van der Waals surface area contributed by atoms with Gasteiger partial charge in [-0.3, -0.25) is 9.69 Å². The number of carbonyl (C=O) groups is 1. The van der Waals surface area contributed by atoms with Crippen molar-refractivity contribution in [1.29, 1.82) is 0 Å². The molecule has 0 saturated carbocycles. The summed E-state index contributed by atoms with van der Waals surface area (Å²) in [6.07, 6.45) is 2.14. The van der Waals surface area contributed by atoms with E-state index in [0.717, 1.165) is 31.5 Å². The lowest BCUT2D eigenvalue weighted by atomic mass is 10.0. The first-order valence-electron chi connectivity index (χ1n) is 8.88. The first kappa shape index (κ1) is 16.8. The van der Waals surface area contributed by atoms with E-state index in [-0.39, 0.29) is 24.4 Å². The Morgan fingerprint density at radius 1 is 1.27 bits per heavy atom. The predicted molar refractivity (Wildman–Crippen MR) is 96.0 cm³/mol. The van der Waals surface area contributed by atoms with Crippen LogP contribution in [0.4, 0.5) is 10.1 Å². The number of anilines is 1. The quantitative estimate of drug-likeness (QED) is 0.892. The summed E-state index contributed by atoms with van der Waals surface area (Å²) in [5, 5.41) is 2.76. The molecule has 0 bridgehead atoms. The molecule has 1 saturated heterocycles. The van der Waals surface area contributed by atoms with E-state index in [1.165, 1.54) is 6.07 Å². The molecule has 0 radical (unpaired) electrons. The number of carbonyl (C=O) groups excluding carboxylic acids is 1. The molecule has 26 heavy (non-hydrogen) atoms. The van der Waals surface area contributed by atoms with Crippen molar-refractivity contribution in [2.45, 2.75) is 18.9 Å². The molecule has 2 aromatic rings. The van der Waals surface area contributed by atoms with E-state index < -0.39 is 0 Å². The van der Waals surface area contributed by atoms with Crippen LogP contribution in [0.3, 0.4) is 0 Å². The molecule has 2 aliphatic rings. The average molecular weight is 356 g/mol. The molecular formula is C20H21FN2O3. The van der Waals surface area contributed by atoms with Gasteiger partial charge in [-0.2, -0.15) is 0 Å². The summed E-state index contributed by atoms with van der Waals surface area (Å²) in [5.41, 5.74) is 1.69. The second kappa shape index (κ2) is 7.33. The molecule has 0 aromatic heterocycles. The van der Waals surface area contributed by atoms with E-state index in [9.17, 15) is 9.18 Å². The van der Waals surface area contributed by atoms with Gasteiger partial charge in [-0.05, 0) is 49.2 Å². The van der Waals surface area contributed by atoms with Gasteiger partial charge in [0.1, 0.15) is 23.9 Å². The summed E-state index contributed by atoms with van der Waals surface area (Å²) in [5.74, 6) is 0.998. The minimum Gasteiger partial charge on any atom is -0.492 e. The van der Waals surface area contributed by atoms with Crippen LogP contribution in [0, 0.1) is 5.82 Å². The molecular weight excluding hydrogens is 335 g/mol. The third kappa shape index (κ3) is 3.65. The van der Waals surface area contributed by atoms with Crippen molar-refractivity contribution in [2.24, 2.45) is 0 Å². The Hall–Kier alpha value is -2.60.